The molecule has 0 fully saturated rings. The molecule has 0 spiro atoms. The standard InChI is InChI=1S/C4H6N4S/c5-3-1-2-7-8(3)4(6)9/h1-2H,5H2,(H2,6,9). The molecule has 0 bridgehead atoms. The van der Waals surface area contributed by atoms with Crippen LogP contribution < -0.4 is 11.5 Å². The Labute approximate surface area is 57.4 Å². The Morgan fingerprint density at radius 2 is 2.44 bits per heavy atom. The number of rotatable bonds is 0. The number of aromatic nitrogens is 2. The molecular formula is C4H6N4S. The SMILES string of the molecule is NC(=S)n1nccc1N. The van der Waals surface area contributed by atoms with Gasteiger partial charge in [-0.15, -0.1) is 0 Å². The van der Waals surface area contributed by atoms with Crippen molar-refractivity contribution in [2.45, 2.75) is 0 Å². The lowest BCUT2D eigenvalue weighted by Gasteiger charge is -1.96. The van der Waals surface area contributed by atoms with Crippen LogP contribution in [0.15, 0.2) is 12.3 Å². The number of nitrogen functional groups attached to an aromatic ring is 1. The molecule has 1 rings (SSSR count). The van der Waals surface area contributed by atoms with Crippen LogP contribution in [0.1, 0.15) is 0 Å². The van der Waals surface area contributed by atoms with Crippen LogP contribution in [0.2, 0.25) is 0 Å². The summed E-state index contributed by atoms with van der Waals surface area (Å²) in [6, 6.07) is 1.62. The number of hydrogen-bond donors (Lipinski definition) is 2. The van der Waals surface area contributed by atoms with Gasteiger partial charge in [-0.2, -0.15) is 9.78 Å². The van der Waals surface area contributed by atoms with E-state index in [9.17, 15) is 0 Å². The van der Waals surface area contributed by atoms with Crippen LogP contribution in [0.4, 0.5) is 5.82 Å². The quantitative estimate of drug-likeness (QED) is 0.482. The maximum Gasteiger partial charge on any atom is 0.193 e. The Morgan fingerprint density at radius 3 is 2.67 bits per heavy atom. The third-order valence-corrected chi connectivity index (χ3v) is 1.05. The van der Waals surface area contributed by atoms with Gasteiger partial charge in [-0.3, -0.25) is 0 Å². The highest BCUT2D eigenvalue weighted by atomic mass is 32.1. The van der Waals surface area contributed by atoms with E-state index >= 15 is 0 Å². The topological polar surface area (TPSA) is 69.9 Å². The molecule has 1 heterocycles. The minimum Gasteiger partial charge on any atom is -0.384 e. The average molecular weight is 142 g/mol. The molecule has 0 aliphatic rings. The summed E-state index contributed by atoms with van der Waals surface area (Å²) in [7, 11) is 0. The molecule has 5 heteroatoms. The molecule has 0 aromatic carbocycles. The molecule has 0 saturated heterocycles. The molecular weight excluding hydrogens is 136 g/mol. The van der Waals surface area contributed by atoms with Gasteiger partial charge < -0.3 is 11.5 Å². The maximum atomic E-state index is 5.37. The average Bonchev–Trinajstić information content (AvgIpc) is 2.13. The zero-order valence-corrected chi connectivity index (χ0v) is 5.43. The highest BCUT2D eigenvalue weighted by molar-refractivity contribution is 7.80. The van der Waals surface area contributed by atoms with Gasteiger partial charge in [0, 0.05) is 6.07 Å². The van der Waals surface area contributed by atoms with Gasteiger partial charge in [-0.1, -0.05) is 0 Å². The van der Waals surface area contributed by atoms with Crippen molar-refractivity contribution in [2.24, 2.45) is 5.73 Å². The monoisotopic (exact) mass is 142 g/mol. The van der Waals surface area contributed by atoms with Crippen molar-refractivity contribution in [1.82, 2.24) is 9.78 Å². The Balaban J connectivity index is 3.08. The van der Waals surface area contributed by atoms with Crippen molar-refractivity contribution in [3.8, 4) is 0 Å². The zero-order valence-electron chi connectivity index (χ0n) is 4.61. The first-order valence-electron chi connectivity index (χ1n) is 2.31. The number of hydrogen-bond acceptors (Lipinski definition) is 3. The van der Waals surface area contributed by atoms with Crippen LogP contribution in [0, 0.1) is 0 Å². The van der Waals surface area contributed by atoms with Crippen LogP contribution in [-0.4, -0.2) is 14.9 Å². The first kappa shape index (κ1) is 6.03. The van der Waals surface area contributed by atoms with E-state index in [-0.39, 0.29) is 5.11 Å². The van der Waals surface area contributed by atoms with Gasteiger partial charge >= 0.3 is 0 Å². The lowest BCUT2D eigenvalue weighted by Crippen LogP contribution is -2.21. The van der Waals surface area contributed by atoms with Crippen molar-refractivity contribution in [1.29, 1.82) is 0 Å². The molecule has 4 N–H and O–H groups in total. The Kier molecular flexibility index (Phi) is 1.35. The lowest BCUT2D eigenvalue weighted by atomic mass is 10.7. The summed E-state index contributed by atoms with van der Waals surface area (Å²) in [5.41, 5.74) is 10.6. The molecule has 0 aliphatic heterocycles. The van der Waals surface area contributed by atoms with Crippen LogP contribution in [0.3, 0.4) is 0 Å². The van der Waals surface area contributed by atoms with E-state index in [1.54, 1.807) is 6.07 Å². The lowest BCUT2D eigenvalue weighted by molar-refractivity contribution is 0.950. The summed E-state index contributed by atoms with van der Waals surface area (Å²) < 4.78 is 1.29. The summed E-state index contributed by atoms with van der Waals surface area (Å²) in [6.45, 7) is 0. The molecule has 1 aromatic heterocycles. The number of nitrogens with zero attached hydrogens (tertiary/aromatic N) is 2. The van der Waals surface area contributed by atoms with Gasteiger partial charge in [0.2, 0.25) is 0 Å². The smallest absolute Gasteiger partial charge is 0.193 e. The van der Waals surface area contributed by atoms with E-state index in [1.807, 2.05) is 0 Å². The highest BCUT2D eigenvalue weighted by Gasteiger charge is 1.96. The summed E-state index contributed by atoms with van der Waals surface area (Å²) in [4.78, 5) is 0. The van der Waals surface area contributed by atoms with E-state index in [2.05, 4.69) is 17.3 Å². The summed E-state index contributed by atoms with van der Waals surface area (Å²) in [5, 5.41) is 3.91. The number of thiocarbonyl (C=S) groups is 1. The van der Waals surface area contributed by atoms with Crippen LogP contribution in [-0.2, 0) is 0 Å². The predicted octanol–water partition coefficient (Wildman–Crippen LogP) is -0.443. The molecule has 0 aliphatic carbocycles. The fourth-order valence-electron chi connectivity index (χ4n) is 0.498. The minimum atomic E-state index is 0.164. The summed E-state index contributed by atoms with van der Waals surface area (Å²) >= 11 is 4.60. The van der Waals surface area contributed by atoms with Gasteiger partial charge in [-0.05, 0) is 12.2 Å². The molecule has 0 atom stereocenters. The molecule has 48 valence electrons. The van der Waals surface area contributed by atoms with Gasteiger partial charge in [0.15, 0.2) is 5.11 Å². The molecule has 1 aromatic rings. The Bertz CT molecular complexity index is 228. The fraction of sp³-hybridized carbons (Fsp3) is 0. The van der Waals surface area contributed by atoms with Gasteiger partial charge in [-0.25, -0.2) is 0 Å². The minimum absolute atomic E-state index is 0.164. The molecule has 0 saturated carbocycles. The first-order chi connectivity index (χ1) is 4.22. The van der Waals surface area contributed by atoms with Gasteiger partial charge in [0.1, 0.15) is 5.82 Å². The highest BCUT2D eigenvalue weighted by Crippen LogP contribution is 1.96. The molecule has 4 nitrogen and oxygen atoms in total. The van der Waals surface area contributed by atoms with Crippen molar-refractivity contribution in [3.63, 3.8) is 0 Å². The summed E-state index contributed by atoms with van der Waals surface area (Å²) in [5.74, 6) is 0.461. The molecule has 0 unspecified atom stereocenters. The molecule has 0 amide bonds. The first-order valence-corrected chi connectivity index (χ1v) is 2.72. The molecule has 9 heavy (non-hydrogen) atoms. The Hall–Kier alpha value is -1.10. The van der Waals surface area contributed by atoms with Gasteiger partial charge in [0.05, 0.1) is 6.20 Å². The number of nitrogens with two attached hydrogens (primary N) is 2. The number of anilines is 1. The van der Waals surface area contributed by atoms with E-state index < -0.39 is 0 Å². The third-order valence-electron chi connectivity index (χ3n) is 0.881. The second-order valence-electron chi connectivity index (χ2n) is 1.51. The predicted molar refractivity (Wildman–Crippen MR) is 38.8 cm³/mol. The second kappa shape index (κ2) is 2.02. The van der Waals surface area contributed by atoms with Crippen LogP contribution in [0.5, 0.6) is 0 Å². The second-order valence-corrected chi connectivity index (χ2v) is 1.92. The van der Waals surface area contributed by atoms with Crippen molar-refractivity contribution in [2.75, 3.05) is 5.73 Å². The van der Waals surface area contributed by atoms with Crippen LogP contribution >= 0.6 is 12.2 Å². The third kappa shape index (κ3) is 0.996. The van der Waals surface area contributed by atoms with E-state index in [4.69, 9.17) is 11.5 Å². The fourth-order valence-corrected chi connectivity index (χ4v) is 0.650. The molecule has 0 radical (unpaired) electrons. The van der Waals surface area contributed by atoms with E-state index in [0.717, 1.165) is 0 Å². The Morgan fingerprint density at radius 1 is 1.78 bits per heavy atom. The van der Waals surface area contributed by atoms with Crippen molar-refractivity contribution < 1.29 is 0 Å². The summed E-state index contributed by atoms with van der Waals surface area (Å²) in [6.07, 6.45) is 1.54. The van der Waals surface area contributed by atoms with Gasteiger partial charge in [0.25, 0.3) is 0 Å². The maximum absolute atomic E-state index is 5.37. The largest absolute Gasteiger partial charge is 0.384 e. The normalized spacial score (nSPS) is 9.33. The zero-order chi connectivity index (χ0) is 6.85. The van der Waals surface area contributed by atoms with E-state index in [0.29, 0.717) is 5.82 Å². The van der Waals surface area contributed by atoms with Crippen molar-refractivity contribution >= 4 is 23.1 Å². The van der Waals surface area contributed by atoms with Crippen LogP contribution in [0.25, 0.3) is 0 Å². The van der Waals surface area contributed by atoms with E-state index in [1.165, 1.54) is 10.9 Å². The van der Waals surface area contributed by atoms with Crippen molar-refractivity contribution in [3.05, 3.63) is 12.3 Å².